The smallest absolute Gasteiger partial charge is 0.316 e. The molecular formula is C21H22N4O3S. The van der Waals surface area contributed by atoms with Gasteiger partial charge in [-0.3, -0.25) is 9.59 Å². The molecule has 1 amide bonds. The summed E-state index contributed by atoms with van der Waals surface area (Å²) >= 11 is 1.28. The maximum atomic E-state index is 12.2. The van der Waals surface area contributed by atoms with E-state index in [0.29, 0.717) is 22.2 Å². The molecule has 29 heavy (non-hydrogen) atoms. The number of rotatable bonds is 7. The van der Waals surface area contributed by atoms with Gasteiger partial charge in [0.25, 0.3) is 5.91 Å². The molecule has 0 unspecified atom stereocenters. The van der Waals surface area contributed by atoms with E-state index in [-0.39, 0.29) is 23.7 Å². The Morgan fingerprint density at radius 3 is 2.41 bits per heavy atom. The summed E-state index contributed by atoms with van der Waals surface area (Å²) in [6, 6.07) is 16.4. The number of aromatic nitrogens is 3. The first-order chi connectivity index (χ1) is 13.9. The summed E-state index contributed by atoms with van der Waals surface area (Å²) in [5, 5.41) is 11.9. The van der Waals surface area contributed by atoms with E-state index in [2.05, 4.69) is 15.5 Å². The number of esters is 1. The summed E-state index contributed by atoms with van der Waals surface area (Å²) in [5.41, 5.74) is 2.15. The predicted octanol–water partition coefficient (Wildman–Crippen LogP) is 3.78. The van der Waals surface area contributed by atoms with Crippen molar-refractivity contribution in [2.45, 2.75) is 25.1 Å². The highest BCUT2D eigenvalue weighted by molar-refractivity contribution is 7.99. The van der Waals surface area contributed by atoms with Crippen LogP contribution in [0.2, 0.25) is 0 Å². The van der Waals surface area contributed by atoms with Crippen LogP contribution in [0.15, 0.2) is 59.8 Å². The van der Waals surface area contributed by atoms with E-state index >= 15 is 0 Å². The minimum atomic E-state index is -0.284. The number of nitrogens with one attached hydrogen (secondary N) is 1. The van der Waals surface area contributed by atoms with Crippen LogP contribution in [0.25, 0.3) is 11.4 Å². The zero-order chi connectivity index (χ0) is 20.8. The normalized spacial score (nSPS) is 10.8. The lowest BCUT2D eigenvalue weighted by atomic mass is 10.1. The summed E-state index contributed by atoms with van der Waals surface area (Å²) in [5.74, 6) is 0.400. The van der Waals surface area contributed by atoms with Crippen LogP contribution in [0, 0.1) is 0 Å². The summed E-state index contributed by atoms with van der Waals surface area (Å²) in [6.45, 7) is 3.63. The number of carbonyl (C=O) groups excluding carboxylic acids is 2. The van der Waals surface area contributed by atoms with Crippen LogP contribution in [0.1, 0.15) is 24.2 Å². The molecule has 0 atom stereocenters. The predicted molar refractivity (Wildman–Crippen MR) is 113 cm³/mol. The van der Waals surface area contributed by atoms with Crippen LogP contribution in [-0.4, -0.2) is 38.5 Å². The second kappa shape index (κ2) is 9.38. The Morgan fingerprint density at radius 2 is 1.76 bits per heavy atom. The van der Waals surface area contributed by atoms with Crippen molar-refractivity contribution in [3.05, 3.63) is 60.2 Å². The third kappa shape index (κ3) is 5.45. The quantitative estimate of drug-likeness (QED) is 0.471. The van der Waals surface area contributed by atoms with Crippen molar-refractivity contribution in [3.63, 3.8) is 0 Å². The van der Waals surface area contributed by atoms with E-state index in [1.54, 1.807) is 12.1 Å². The number of hydrogen-bond acceptors (Lipinski definition) is 6. The highest BCUT2D eigenvalue weighted by atomic mass is 32.2. The van der Waals surface area contributed by atoms with E-state index in [0.717, 1.165) is 5.56 Å². The number of ether oxygens (including phenoxy) is 1. The molecule has 1 heterocycles. The second-order valence-corrected chi connectivity index (χ2v) is 7.53. The molecule has 150 valence electrons. The molecule has 0 saturated heterocycles. The summed E-state index contributed by atoms with van der Waals surface area (Å²) in [4.78, 5) is 24.0. The highest BCUT2D eigenvalue weighted by Crippen LogP contribution is 2.24. The number of amides is 1. The zero-order valence-electron chi connectivity index (χ0n) is 16.5. The standard InChI is InChI=1S/C21H22N4O3S/c1-14(2)28-18(26)13-29-21-24-23-19(25(21)3)15-9-11-17(12-10-15)22-20(27)16-7-5-4-6-8-16/h4-12,14H,13H2,1-3H3,(H,22,27). The first-order valence-electron chi connectivity index (χ1n) is 9.12. The van der Waals surface area contributed by atoms with E-state index in [1.165, 1.54) is 11.8 Å². The van der Waals surface area contributed by atoms with E-state index in [1.807, 2.05) is 67.9 Å². The molecule has 0 aliphatic heterocycles. The van der Waals surface area contributed by atoms with Gasteiger partial charge in [-0.1, -0.05) is 30.0 Å². The fraction of sp³-hybridized carbons (Fsp3) is 0.238. The van der Waals surface area contributed by atoms with Gasteiger partial charge in [-0.2, -0.15) is 0 Å². The maximum absolute atomic E-state index is 12.2. The monoisotopic (exact) mass is 410 g/mol. The highest BCUT2D eigenvalue weighted by Gasteiger charge is 2.14. The SMILES string of the molecule is CC(C)OC(=O)CSc1nnc(-c2ccc(NC(=O)c3ccccc3)cc2)n1C. The molecule has 0 spiro atoms. The number of hydrogen-bond donors (Lipinski definition) is 1. The van der Waals surface area contributed by atoms with Gasteiger partial charge in [0.15, 0.2) is 11.0 Å². The van der Waals surface area contributed by atoms with Gasteiger partial charge in [-0.05, 0) is 50.2 Å². The Morgan fingerprint density at radius 1 is 1.07 bits per heavy atom. The van der Waals surface area contributed by atoms with Crippen LogP contribution in [-0.2, 0) is 16.6 Å². The molecule has 0 saturated carbocycles. The molecule has 0 radical (unpaired) electrons. The van der Waals surface area contributed by atoms with Crippen molar-refractivity contribution in [1.29, 1.82) is 0 Å². The molecule has 1 aromatic heterocycles. The molecule has 1 N–H and O–H groups in total. The van der Waals surface area contributed by atoms with Crippen molar-refractivity contribution >= 4 is 29.3 Å². The average Bonchev–Trinajstić information content (AvgIpc) is 3.07. The van der Waals surface area contributed by atoms with Crippen LogP contribution < -0.4 is 5.32 Å². The van der Waals surface area contributed by atoms with Crippen molar-refractivity contribution in [3.8, 4) is 11.4 Å². The van der Waals surface area contributed by atoms with Crippen molar-refractivity contribution in [1.82, 2.24) is 14.8 Å². The first-order valence-corrected chi connectivity index (χ1v) is 10.1. The van der Waals surface area contributed by atoms with Gasteiger partial charge in [-0.15, -0.1) is 10.2 Å². The number of benzene rings is 2. The molecular weight excluding hydrogens is 388 g/mol. The lowest BCUT2D eigenvalue weighted by Gasteiger charge is -2.08. The fourth-order valence-corrected chi connectivity index (χ4v) is 3.30. The van der Waals surface area contributed by atoms with Crippen LogP contribution >= 0.6 is 11.8 Å². The number of anilines is 1. The van der Waals surface area contributed by atoms with Gasteiger partial charge >= 0.3 is 5.97 Å². The summed E-state index contributed by atoms with van der Waals surface area (Å²) in [7, 11) is 1.84. The van der Waals surface area contributed by atoms with Crippen LogP contribution in [0.4, 0.5) is 5.69 Å². The molecule has 0 aliphatic carbocycles. The number of nitrogens with zero attached hydrogens (tertiary/aromatic N) is 3. The minimum Gasteiger partial charge on any atom is -0.462 e. The number of carbonyl (C=O) groups is 2. The van der Waals surface area contributed by atoms with E-state index in [9.17, 15) is 9.59 Å². The molecule has 0 aliphatic rings. The number of thioether (sulfide) groups is 1. The van der Waals surface area contributed by atoms with Gasteiger partial charge in [0.1, 0.15) is 0 Å². The van der Waals surface area contributed by atoms with Gasteiger partial charge in [-0.25, -0.2) is 0 Å². The third-order valence-corrected chi connectivity index (χ3v) is 4.95. The minimum absolute atomic E-state index is 0.140. The van der Waals surface area contributed by atoms with Gasteiger partial charge in [0, 0.05) is 23.9 Å². The van der Waals surface area contributed by atoms with E-state index in [4.69, 9.17) is 4.74 Å². The molecule has 3 rings (SSSR count). The topological polar surface area (TPSA) is 86.1 Å². The average molecular weight is 410 g/mol. The van der Waals surface area contributed by atoms with Crippen LogP contribution in [0.5, 0.6) is 0 Å². The van der Waals surface area contributed by atoms with Crippen molar-refractivity contribution < 1.29 is 14.3 Å². The Balaban J connectivity index is 1.65. The maximum Gasteiger partial charge on any atom is 0.316 e. The Labute approximate surface area is 173 Å². The fourth-order valence-electron chi connectivity index (χ4n) is 2.61. The first kappa shape index (κ1) is 20.6. The molecule has 0 fully saturated rings. The molecule has 8 heteroatoms. The summed E-state index contributed by atoms with van der Waals surface area (Å²) in [6.07, 6.45) is -0.140. The Bertz CT molecular complexity index is 985. The molecule has 2 aromatic carbocycles. The van der Waals surface area contributed by atoms with Crippen molar-refractivity contribution in [2.24, 2.45) is 7.05 Å². The Kier molecular flexibility index (Phi) is 6.66. The summed E-state index contributed by atoms with van der Waals surface area (Å²) < 4.78 is 6.95. The largest absolute Gasteiger partial charge is 0.462 e. The molecule has 7 nitrogen and oxygen atoms in total. The third-order valence-electron chi connectivity index (χ3n) is 3.96. The lowest BCUT2D eigenvalue weighted by Crippen LogP contribution is -2.13. The van der Waals surface area contributed by atoms with Crippen molar-refractivity contribution in [2.75, 3.05) is 11.1 Å². The molecule has 0 bridgehead atoms. The lowest BCUT2D eigenvalue weighted by molar-refractivity contribution is -0.144. The van der Waals surface area contributed by atoms with Crippen LogP contribution in [0.3, 0.4) is 0 Å². The van der Waals surface area contributed by atoms with Gasteiger partial charge in [0.05, 0.1) is 11.9 Å². The molecule has 3 aromatic rings. The zero-order valence-corrected chi connectivity index (χ0v) is 17.3. The van der Waals surface area contributed by atoms with Gasteiger partial charge < -0.3 is 14.6 Å². The second-order valence-electron chi connectivity index (χ2n) is 6.59. The van der Waals surface area contributed by atoms with Gasteiger partial charge in [0.2, 0.25) is 0 Å². The Hall–Kier alpha value is -3.13. The van der Waals surface area contributed by atoms with E-state index < -0.39 is 0 Å².